The van der Waals surface area contributed by atoms with Crippen LogP contribution in [0.1, 0.15) is 36.7 Å². The average Bonchev–Trinajstić information content (AvgIpc) is 3.09. The van der Waals surface area contributed by atoms with Crippen molar-refractivity contribution >= 4 is 11.6 Å². The van der Waals surface area contributed by atoms with E-state index in [1.54, 1.807) is 10.9 Å². The minimum absolute atomic E-state index is 0.0409. The zero-order valence-electron chi connectivity index (χ0n) is 14.2. The number of amides is 1. The maximum absolute atomic E-state index is 12.7. The molecular weight excluding hydrogens is 298 g/mol. The van der Waals surface area contributed by atoms with Gasteiger partial charge in [-0.3, -0.25) is 4.79 Å². The summed E-state index contributed by atoms with van der Waals surface area (Å²) in [5.41, 5.74) is 3.38. The highest BCUT2D eigenvalue weighted by Gasteiger charge is 2.19. The molecule has 2 aromatic carbocycles. The molecule has 4 heteroatoms. The van der Waals surface area contributed by atoms with Crippen LogP contribution in [0.25, 0.3) is 5.69 Å². The van der Waals surface area contributed by atoms with Crippen molar-refractivity contribution < 1.29 is 4.79 Å². The van der Waals surface area contributed by atoms with Crippen molar-refractivity contribution in [1.82, 2.24) is 9.78 Å². The summed E-state index contributed by atoms with van der Waals surface area (Å²) in [6, 6.07) is 17.2. The van der Waals surface area contributed by atoms with Crippen molar-refractivity contribution in [2.75, 3.05) is 5.32 Å². The fourth-order valence-electron chi connectivity index (χ4n) is 2.65. The van der Waals surface area contributed by atoms with Gasteiger partial charge in [0.25, 0.3) is 5.91 Å². The number of carbonyl (C=O) groups excluding carboxylic acids is 1. The smallest absolute Gasteiger partial charge is 0.255 e. The second-order valence-corrected chi connectivity index (χ2v) is 6.75. The fraction of sp³-hybridized carbons (Fsp3) is 0.200. The zero-order chi connectivity index (χ0) is 17.2. The first kappa shape index (κ1) is 16.0. The summed E-state index contributed by atoms with van der Waals surface area (Å²) in [7, 11) is 0. The molecule has 0 fully saturated rings. The van der Waals surface area contributed by atoms with Crippen molar-refractivity contribution in [2.45, 2.75) is 26.2 Å². The number of nitrogens with one attached hydrogen (secondary N) is 1. The van der Waals surface area contributed by atoms with E-state index >= 15 is 0 Å². The molecule has 0 spiro atoms. The predicted octanol–water partition coefficient (Wildman–Crippen LogP) is 4.42. The predicted molar refractivity (Wildman–Crippen MR) is 96.7 cm³/mol. The van der Waals surface area contributed by atoms with E-state index in [4.69, 9.17) is 0 Å². The lowest BCUT2D eigenvalue weighted by Crippen LogP contribution is -2.18. The molecule has 0 unspecified atom stereocenters. The summed E-state index contributed by atoms with van der Waals surface area (Å²) < 4.78 is 1.74. The third-order valence-corrected chi connectivity index (χ3v) is 3.86. The number of nitrogens with zero attached hydrogens (tertiary/aromatic N) is 2. The van der Waals surface area contributed by atoms with Crippen molar-refractivity contribution in [3.8, 4) is 5.69 Å². The molecule has 0 radical (unpaired) electrons. The van der Waals surface area contributed by atoms with Gasteiger partial charge in [0.05, 0.1) is 5.69 Å². The van der Waals surface area contributed by atoms with Gasteiger partial charge < -0.3 is 5.32 Å². The standard InChI is InChI=1S/C20H21N3O/c1-20(2,3)17-10-4-5-11-18(17)22-19(24)15-8-6-9-16(14-15)23-13-7-12-21-23/h4-14H,1-3H3,(H,22,24). The first-order valence-electron chi connectivity index (χ1n) is 7.96. The molecule has 0 atom stereocenters. The second-order valence-electron chi connectivity index (χ2n) is 6.75. The Kier molecular flexibility index (Phi) is 4.21. The molecule has 0 saturated carbocycles. The molecule has 24 heavy (non-hydrogen) atoms. The molecule has 122 valence electrons. The molecule has 3 aromatic rings. The summed E-state index contributed by atoms with van der Waals surface area (Å²) in [5.74, 6) is -0.124. The number of anilines is 1. The Bertz CT molecular complexity index is 845. The lowest BCUT2D eigenvalue weighted by molar-refractivity contribution is 0.102. The van der Waals surface area contributed by atoms with E-state index in [1.165, 1.54) is 0 Å². The van der Waals surface area contributed by atoms with Gasteiger partial charge in [0, 0.05) is 23.6 Å². The van der Waals surface area contributed by atoms with Gasteiger partial charge >= 0.3 is 0 Å². The van der Waals surface area contributed by atoms with Gasteiger partial charge in [0.2, 0.25) is 0 Å². The SMILES string of the molecule is CC(C)(C)c1ccccc1NC(=O)c1cccc(-n2cccn2)c1. The van der Waals surface area contributed by atoms with E-state index in [0.717, 1.165) is 16.9 Å². The first-order valence-corrected chi connectivity index (χ1v) is 7.96. The largest absolute Gasteiger partial charge is 0.322 e. The van der Waals surface area contributed by atoms with Crippen LogP contribution in [0.4, 0.5) is 5.69 Å². The summed E-state index contributed by atoms with van der Waals surface area (Å²) in [6.45, 7) is 6.41. The molecular formula is C20H21N3O. The third kappa shape index (κ3) is 3.38. The van der Waals surface area contributed by atoms with Crippen LogP contribution in [0.2, 0.25) is 0 Å². The number of carbonyl (C=O) groups is 1. The van der Waals surface area contributed by atoms with Crippen molar-refractivity contribution in [2.24, 2.45) is 0 Å². The van der Waals surface area contributed by atoms with Crippen molar-refractivity contribution in [1.29, 1.82) is 0 Å². The molecule has 0 saturated heterocycles. The molecule has 0 aliphatic carbocycles. The van der Waals surface area contributed by atoms with Gasteiger partial charge in [-0.15, -0.1) is 0 Å². The Hall–Kier alpha value is -2.88. The first-order chi connectivity index (χ1) is 11.4. The Morgan fingerprint density at radius 2 is 1.83 bits per heavy atom. The molecule has 1 N–H and O–H groups in total. The van der Waals surface area contributed by atoms with Crippen molar-refractivity contribution in [3.05, 3.63) is 78.1 Å². The maximum Gasteiger partial charge on any atom is 0.255 e. The Morgan fingerprint density at radius 3 is 2.54 bits per heavy atom. The molecule has 1 amide bonds. The van der Waals surface area contributed by atoms with E-state index < -0.39 is 0 Å². The summed E-state index contributed by atoms with van der Waals surface area (Å²) in [4.78, 5) is 12.7. The lowest BCUT2D eigenvalue weighted by atomic mass is 9.86. The molecule has 0 aliphatic heterocycles. The average molecular weight is 319 g/mol. The molecule has 0 aliphatic rings. The number of rotatable bonds is 3. The number of hydrogen-bond acceptors (Lipinski definition) is 2. The highest BCUT2D eigenvalue weighted by atomic mass is 16.1. The van der Waals surface area contributed by atoms with Gasteiger partial charge in [0.1, 0.15) is 0 Å². The van der Waals surface area contributed by atoms with Crippen molar-refractivity contribution in [3.63, 3.8) is 0 Å². The van der Waals surface area contributed by atoms with Gasteiger partial charge in [-0.2, -0.15) is 5.10 Å². The Balaban J connectivity index is 1.88. The normalized spacial score (nSPS) is 11.3. The highest BCUT2D eigenvalue weighted by Crippen LogP contribution is 2.29. The molecule has 4 nitrogen and oxygen atoms in total. The Labute approximate surface area is 142 Å². The topological polar surface area (TPSA) is 46.9 Å². The van der Waals surface area contributed by atoms with Crippen LogP contribution in [-0.2, 0) is 5.41 Å². The van der Waals surface area contributed by atoms with Crippen LogP contribution in [0.3, 0.4) is 0 Å². The van der Waals surface area contributed by atoms with E-state index in [9.17, 15) is 4.79 Å². The van der Waals surface area contributed by atoms with Crippen LogP contribution in [-0.4, -0.2) is 15.7 Å². The molecule has 1 heterocycles. The summed E-state index contributed by atoms with van der Waals surface area (Å²) in [5, 5.41) is 7.24. The van der Waals surface area contributed by atoms with E-state index in [-0.39, 0.29) is 11.3 Å². The number of benzene rings is 2. The van der Waals surface area contributed by atoms with Gasteiger partial charge in [0.15, 0.2) is 0 Å². The quantitative estimate of drug-likeness (QED) is 0.776. The monoisotopic (exact) mass is 319 g/mol. The molecule has 0 bridgehead atoms. The maximum atomic E-state index is 12.7. The zero-order valence-corrected chi connectivity index (χ0v) is 14.2. The molecule has 1 aromatic heterocycles. The number of aromatic nitrogens is 2. The number of para-hydroxylation sites is 1. The minimum Gasteiger partial charge on any atom is -0.322 e. The van der Waals surface area contributed by atoms with Crippen LogP contribution in [0.15, 0.2) is 67.0 Å². The van der Waals surface area contributed by atoms with E-state index in [0.29, 0.717) is 5.56 Å². The lowest BCUT2D eigenvalue weighted by Gasteiger charge is -2.23. The third-order valence-electron chi connectivity index (χ3n) is 3.86. The van der Waals surface area contributed by atoms with E-state index in [1.807, 2.05) is 54.7 Å². The summed E-state index contributed by atoms with van der Waals surface area (Å²) >= 11 is 0. The second kappa shape index (κ2) is 6.32. The number of hydrogen-bond donors (Lipinski definition) is 1. The minimum atomic E-state index is -0.124. The van der Waals surface area contributed by atoms with Gasteiger partial charge in [-0.1, -0.05) is 45.0 Å². The van der Waals surface area contributed by atoms with Crippen LogP contribution in [0.5, 0.6) is 0 Å². The Morgan fingerprint density at radius 1 is 1.04 bits per heavy atom. The highest BCUT2D eigenvalue weighted by molar-refractivity contribution is 6.05. The fourth-order valence-corrected chi connectivity index (χ4v) is 2.65. The van der Waals surface area contributed by atoms with Crippen LogP contribution < -0.4 is 5.32 Å². The summed E-state index contributed by atoms with van der Waals surface area (Å²) in [6.07, 6.45) is 3.57. The van der Waals surface area contributed by atoms with Crippen LogP contribution in [0, 0.1) is 0 Å². The molecule has 3 rings (SSSR count). The van der Waals surface area contributed by atoms with E-state index in [2.05, 4.69) is 37.3 Å². The van der Waals surface area contributed by atoms with Gasteiger partial charge in [-0.25, -0.2) is 4.68 Å². The van der Waals surface area contributed by atoms with Gasteiger partial charge in [-0.05, 0) is 41.3 Å². The van der Waals surface area contributed by atoms with Crippen LogP contribution >= 0.6 is 0 Å².